The van der Waals surface area contributed by atoms with E-state index in [1.54, 1.807) is 6.07 Å². The summed E-state index contributed by atoms with van der Waals surface area (Å²) in [4.78, 5) is 22.6. The number of aliphatic carboxylic acids is 1. The van der Waals surface area contributed by atoms with Crippen LogP contribution in [0.15, 0.2) is 47.4 Å². The second-order valence-corrected chi connectivity index (χ2v) is 5.98. The lowest BCUT2D eigenvalue weighted by Crippen LogP contribution is -2.36. The minimum atomic E-state index is -4.41. The SMILES string of the molecule is CC(C)(c1cccc(-c2ccn(CC(=O)O)c(=O)c2)c1)C(F)(F)F. The molecule has 0 aliphatic heterocycles. The Bertz CT molecular complexity index is 822. The maximum absolute atomic E-state index is 13.2. The van der Waals surface area contributed by atoms with Gasteiger partial charge in [-0.3, -0.25) is 9.59 Å². The molecule has 128 valence electrons. The van der Waals surface area contributed by atoms with Gasteiger partial charge in [-0.2, -0.15) is 13.2 Å². The van der Waals surface area contributed by atoms with Gasteiger partial charge in [-0.15, -0.1) is 0 Å². The van der Waals surface area contributed by atoms with E-state index in [1.807, 2.05) is 0 Å². The fourth-order valence-electron chi connectivity index (χ4n) is 2.21. The zero-order valence-electron chi connectivity index (χ0n) is 13.1. The van der Waals surface area contributed by atoms with Crippen molar-refractivity contribution in [2.45, 2.75) is 32.0 Å². The number of carboxylic acid groups (broad SMARTS) is 1. The maximum atomic E-state index is 13.2. The van der Waals surface area contributed by atoms with Gasteiger partial charge in [0.2, 0.25) is 0 Å². The molecular formula is C17H16F3NO3. The van der Waals surface area contributed by atoms with Crippen LogP contribution >= 0.6 is 0 Å². The number of hydrogen-bond acceptors (Lipinski definition) is 2. The molecular weight excluding hydrogens is 323 g/mol. The van der Waals surface area contributed by atoms with Crippen molar-refractivity contribution in [2.24, 2.45) is 0 Å². The predicted octanol–water partition coefficient (Wildman–Crippen LogP) is 3.44. The summed E-state index contributed by atoms with van der Waals surface area (Å²) < 4.78 is 40.6. The van der Waals surface area contributed by atoms with Gasteiger partial charge in [-0.25, -0.2) is 0 Å². The second kappa shape index (κ2) is 6.14. The normalized spacial score (nSPS) is 12.2. The smallest absolute Gasteiger partial charge is 0.397 e. The Hall–Kier alpha value is -2.57. The van der Waals surface area contributed by atoms with Crippen molar-refractivity contribution in [3.05, 3.63) is 58.5 Å². The van der Waals surface area contributed by atoms with Gasteiger partial charge in [0.15, 0.2) is 0 Å². The Morgan fingerprint density at radius 2 is 1.75 bits per heavy atom. The number of carboxylic acids is 1. The molecule has 0 amide bonds. The third kappa shape index (κ3) is 3.50. The minimum Gasteiger partial charge on any atom is -0.480 e. The van der Waals surface area contributed by atoms with Crippen molar-refractivity contribution < 1.29 is 23.1 Å². The molecule has 4 nitrogen and oxygen atoms in total. The second-order valence-electron chi connectivity index (χ2n) is 5.98. The van der Waals surface area contributed by atoms with Crippen LogP contribution in [0.5, 0.6) is 0 Å². The summed E-state index contributed by atoms with van der Waals surface area (Å²) in [7, 11) is 0. The third-order valence-corrected chi connectivity index (χ3v) is 3.93. The lowest BCUT2D eigenvalue weighted by molar-refractivity contribution is -0.180. The van der Waals surface area contributed by atoms with Gasteiger partial charge in [-0.05, 0) is 36.6 Å². The van der Waals surface area contributed by atoms with Gasteiger partial charge < -0.3 is 9.67 Å². The highest BCUT2D eigenvalue weighted by Gasteiger charge is 2.48. The summed E-state index contributed by atoms with van der Waals surface area (Å²) >= 11 is 0. The van der Waals surface area contributed by atoms with Crippen molar-refractivity contribution >= 4 is 5.97 Å². The molecule has 0 atom stereocenters. The lowest BCUT2D eigenvalue weighted by Gasteiger charge is -2.28. The summed E-state index contributed by atoms with van der Waals surface area (Å²) in [6, 6.07) is 8.60. The Kier molecular flexibility index (Phi) is 4.55. The van der Waals surface area contributed by atoms with Gasteiger partial charge in [0, 0.05) is 12.3 Å². The Balaban J connectivity index is 2.45. The first-order chi connectivity index (χ1) is 11.0. The van der Waals surface area contributed by atoms with Crippen LogP contribution in [-0.4, -0.2) is 21.8 Å². The molecule has 0 aliphatic carbocycles. The summed E-state index contributed by atoms with van der Waals surface area (Å²) in [6.45, 7) is 1.72. The molecule has 0 fully saturated rings. The molecule has 1 heterocycles. The van der Waals surface area contributed by atoms with Crippen molar-refractivity contribution in [3.8, 4) is 11.1 Å². The number of halogens is 3. The van der Waals surface area contributed by atoms with E-state index in [2.05, 4.69) is 0 Å². The molecule has 0 aliphatic rings. The number of nitrogens with zero attached hydrogens (tertiary/aromatic N) is 1. The van der Waals surface area contributed by atoms with Crippen LogP contribution < -0.4 is 5.56 Å². The first kappa shape index (κ1) is 17.8. The molecule has 1 aromatic heterocycles. The van der Waals surface area contributed by atoms with E-state index in [4.69, 9.17) is 5.11 Å². The average Bonchev–Trinajstić information content (AvgIpc) is 2.48. The van der Waals surface area contributed by atoms with E-state index in [-0.39, 0.29) is 5.56 Å². The first-order valence-corrected chi connectivity index (χ1v) is 7.12. The number of benzene rings is 1. The Morgan fingerprint density at radius 1 is 1.12 bits per heavy atom. The van der Waals surface area contributed by atoms with E-state index in [0.717, 1.165) is 18.4 Å². The van der Waals surface area contributed by atoms with Gasteiger partial charge in [0.05, 0.1) is 5.41 Å². The van der Waals surface area contributed by atoms with Crippen molar-refractivity contribution in [2.75, 3.05) is 0 Å². The summed E-state index contributed by atoms with van der Waals surface area (Å²) in [6.07, 6.45) is -3.09. The first-order valence-electron chi connectivity index (χ1n) is 7.12. The number of rotatable bonds is 4. The number of alkyl halides is 3. The zero-order valence-corrected chi connectivity index (χ0v) is 13.1. The lowest BCUT2D eigenvalue weighted by atomic mass is 9.83. The highest BCUT2D eigenvalue weighted by atomic mass is 19.4. The van der Waals surface area contributed by atoms with Crippen LogP contribution in [0.25, 0.3) is 11.1 Å². The highest BCUT2D eigenvalue weighted by Crippen LogP contribution is 2.41. The maximum Gasteiger partial charge on any atom is 0.397 e. The molecule has 24 heavy (non-hydrogen) atoms. The molecule has 0 radical (unpaired) electrons. The molecule has 0 spiro atoms. The van der Waals surface area contributed by atoms with Crippen LogP contribution in [0.4, 0.5) is 13.2 Å². The van der Waals surface area contributed by atoms with Gasteiger partial charge >= 0.3 is 12.1 Å². The molecule has 0 unspecified atom stereocenters. The number of pyridine rings is 1. The number of carbonyl (C=O) groups is 1. The number of hydrogen-bond donors (Lipinski definition) is 1. The largest absolute Gasteiger partial charge is 0.480 e. The molecule has 7 heteroatoms. The van der Waals surface area contributed by atoms with Crippen molar-refractivity contribution in [1.29, 1.82) is 0 Å². The topological polar surface area (TPSA) is 59.3 Å². The van der Waals surface area contributed by atoms with Crippen LogP contribution in [0.1, 0.15) is 19.4 Å². The van der Waals surface area contributed by atoms with Crippen LogP contribution in [0, 0.1) is 0 Å². The van der Waals surface area contributed by atoms with E-state index < -0.39 is 29.7 Å². The molecule has 0 saturated heterocycles. The molecule has 2 aromatic rings. The van der Waals surface area contributed by atoms with Crippen LogP contribution in [-0.2, 0) is 16.8 Å². The van der Waals surface area contributed by atoms with E-state index in [0.29, 0.717) is 11.1 Å². The van der Waals surface area contributed by atoms with Crippen molar-refractivity contribution in [3.63, 3.8) is 0 Å². The fourth-order valence-corrected chi connectivity index (χ4v) is 2.21. The quantitative estimate of drug-likeness (QED) is 0.928. The zero-order chi connectivity index (χ0) is 18.1. The molecule has 2 rings (SSSR count). The summed E-state index contributed by atoms with van der Waals surface area (Å²) in [5, 5.41) is 8.71. The molecule has 1 N–H and O–H groups in total. The Labute approximate surface area is 136 Å². The summed E-state index contributed by atoms with van der Waals surface area (Å²) in [5.74, 6) is -1.15. The van der Waals surface area contributed by atoms with E-state index in [1.165, 1.54) is 36.5 Å². The monoisotopic (exact) mass is 339 g/mol. The van der Waals surface area contributed by atoms with E-state index >= 15 is 0 Å². The minimum absolute atomic E-state index is 0.0854. The summed E-state index contributed by atoms with van der Waals surface area (Å²) in [5.41, 5.74) is -1.58. The van der Waals surface area contributed by atoms with Gasteiger partial charge in [0.1, 0.15) is 6.54 Å². The average molecular weight is 339 g/mol. The standard InChI is InChI=1S/C17H16F3NO3/c1-16(2,17(18,19)20)13-5-3-4-11(8-13)12-6-7-21(10-15(23)24)14(22)9-12/h3-9H,10H2,1-2H3,(H,23,24). The molecule has 1 aromatic carbocycles. The third-order valence-electron chi connectivity index (χ3n) is 3.93. The Morgan fingerprint density at radius 3 is 2.29 bits per heavy atom. The fraction of sp³-hybridized carbons (Fsp3) is 0.294. The highest BCUT2D eigenvalue weighted by molar-refractivity contribution is 5.67. The van der Waals surface area contributed by atoms with Gasteiger partial charge in [0.25, 0.3) is 5.56 Å². The predicted molar refractivity (Wildman–Crippen MR) is 82.9 cm³/mol. The van der Waals surface area contributed by atoms with Crippen molar-refractivity contribution in [1.82, 2.24) is 4.57 Å². The number of aromatic nitrogens is 1. The molecule has 0 bridgehead atoms. The van der Waals surface area contributed by atoms with Gasteiger partial charge in [-0.1, -0.05) is 24.3 Å². The van der Waals surface area contributed by atoms with E-state index in [9.17, 15) is 22.8 Å². The van der Waals surface area contributed by atoms with Crippen LogP contribution in [0.3, 0.4) is 0 Å². The van der Waals surface area contributed by atoms with Crippen LogP contribution in [0.2, 0.25) is 0 Å². The molecule has 0 saturated carbocycles.